The Hall–Kier alpha value is -2.54. The normalized spacial score (nSPS) is 11.8. The molecule has 3 aromatic rings. The molecule has 0 spiro atoms. The molecule has 0 unspecified atom stereocenters. The van der Waals surface area contributed by atoms with Crippen LogP contribution in [0.25, 0.3) is 5.65 Å². The summed E-state index contributed by atoms with van der Waals surface area (Å²) < 4.78 is 40.4. The van der Waals surface area contributed by atoms with Gasteiger partial charge >= 0.3 is 6.18 Å². The summed E-state index contributed by atoms with van der Waals surface area (Å²) in [6, 6.07) is 8.04. The van der Waals surface area contributed by atoms with Crippen molar-refractivity contribution in [1.82, 2.24) is 9.38 Å². The molecular formula is C18H15ClF3N3O. The lowest BCUT2D eigenvalue weighted by Crippen LogP contribution is -2.17. The van der Waals surface area contributed by atoms with Crippen LogP contribution in [-0.2, 0) is 12.6 Å². The van der Waals surface area contributed by atoms with E-state index >= 15 is 0 Å². The summed E-state index contributed by atoms with van der Waals surface area (Å²) in [5.74, 6) is -0.550. The van der Waals surface area contributed by atoms with E-state index in [9.17, 15) is 18.0 Å². The number of nitrogens with one attached hydrogen (secondary N) is 1. The van der Waals surface area contributed by atoms with Crippen LogP contribution in [0.5, 0.6) is 0 Å². The van der Waals surface area contributed by atoms with Crippen LogP contribution in [-0.4, -0.2) is 15.3 Å². The van der Waals surface area contributed by atoms with Crippen LogP contribution < -0.4 is 5.32 Å². The Balaban J connectivity index is 2.10. The summed E-state index contributed by atoms with van der Waals surface area (Å²) in [5, 5.41) is 2.58. The number of carbonyl (C=O) groups is 1. The number of aryl methyl sites for hydroxylation is 2. The smallest absolute Gasteiger partial charge is 0.320 e. The molecule has 136 valence electrons. The van der Waals surface area contributed by atoms with Crippen molar-refractivity contribution in [2.75, 3.05) is 5.32 Å². The topological polar surface area (TPSA) is 46.4 Å². The number of nitrogens with zero attached hydrogens (tertiary/aromatic N) is 2. The Morgan fingerprint density at radius 2 is 2.00 bits per heavy atom. The van der Waals surface area contributed by atoms with E-state index in [1.165, 1.54) is 0 Å². The number of amides is 1. The first-order valence-corrected chi connectivity index (χ1v) is 8.24. The number of carbonyl (C=O) groups excluding carboxylic acids is 1. The van der Waals surface area contributed by atoms with E-state index < -0.39 is 17.6 Å². The van der Waals surface area contributed by atoms with Gasteiger partial charge in [0.05, 0.1) is 16.3 Å². The second-order valence-corrected chi connectivity index (χ2v) is 6.19. The maximum absolute atomic E-state index is 13.1. The van der Waals surface area contributed by atoms with E-state index in [1.807, 2.05) is 19.1 Å². The van der Waals surface area contributed by atoms with Gasteiger partial charge in [-0.1, -0.05) is 36.7 Å². The number of hydrogen-bond donors (Lipinski definition) is 1. The van der Waals surface area contributed by atoms with Gasteiger partial charge in [-0.25, -0.2) is 4.98 Å². The van der Waals surface area contributed by atoms with E-state index in [0.29, 0.717) is 12.1 Å². The molecule has 0 atom stereocenters. The number of imidazole rings is 1. The third kappa shape index (κ3) is 3.26. The maximum Gasteiger partial charge on any atom is 0.417 e. The molecule has 2 aromatic heterocycles. The molecular weight excluding hydrogens is 367 g/mol. The van der Waals surface area contributed by atoms with Crippen molar-refractivity contribution in [2.24, 2.45) is 0 Å². The number of hydrogen-bond acceptors (Lipinski definition) is 2. The predicted molar refractivity (Wildman–Crippen MR) is 93.7 cm³/mol. The first-order chi connectivity index (χ1) is 12.2. The number of benzene rings is 1. The maximum atomic E-state index is 13.1. The summed E-state index contributed by atoms with van der Waals surface area (Å²) >= 11 is 5.95. The third-order valence-corrected chi connectivity index (χ3v) is 4.32. The molecule has 1 aromatic carbocycles. The van der Waals surface area contributed by atoms with Crippen molar-refractivity contribution in [3.05, 3.63) is 64.1 Å². The number of fused-ring (bicyclic) bond motifs is 1. The van der Waals surface area contributed by atoms with Gasteiger partial charge in [0.2, 0.25) is 0 Å². The van der Waals surface area contributed by atoms with Crippen LogP contribution >= 0.6 is 11.6 Å². The zero-order valence-corrected chi connectivity index (χ0v) is 14.7. The molecule has 0 aliphatic rings. The van der Waals surface area contributed by atoms with E-state index in [-0.39, 0.29) is 22.1 Å². The van der Waals surface area contributed by atoms with Gasteiger partial charge in [-0.15, -0.1) is 0 Å². The fourth-order valence-corrected chi connectivity index (χ4v) is 3.03. The van der Waals surface area contributed by atoms with Gasteiger partial charge in [-0.2, -0.15) is 13.2 Å². The highest BCUT2D eigenvalue weighted by Gasteiger charge is 2.33. The van der Waals surface area contributed by atoms with Crippen LogP contribution in [0.4, 0.5) is 18.9 Å². The minimum atomic E-state index is -4.58. The number of anilines is 1. The highest BCUT2D eigenvalue weighted by Crippen LogP contribution is 2.33. The average Bonchev–Trinajstić information content (AvgIpc) is 2.91. The highest BCUT2D eigenvalue weighted by molar-refractivity contribution is 6.33. The molecule has 1 N–H and O–H groups in total. The Bertz CT molecular complexity index is 995. The first-order valence-electron chi connectivity index (χ1n) is 7.87. The van der Waals surface area contributed by atoms with Gasteiger partial charge in [0, 0.05) is 11.9 Å². The lowest BCUT2D eigenvalue weighted by atomic mass is 10.1. The second-order valence-electron chi connectivity index (χ2n) is 5.78. The van der Waals surface area contributed by atoms with Gasteiger partial charge in [-0.3, -0.25) is 9.20 Å². The van der Waals surface area contributed by atoms with E-state index in [0.717, 1.165) is 22.2 Å². The number of pyridine rings is 1. The summed E-state index contributed by atoms with van der Waals surface area (Å²) in [4.78, 5) is 16.9. The fraction of sp³-hybridized carbons (Fsp3) is 0.222. The van der Waals surface area contributed by atoms with Gasteiger partial charge in [0.25, 0.3) is 5.91 Å². The second kappa shape index (κ2) is 6.64. The van der Waals surface area contributed by atoms with Crippen LogP contribution in [0.2, 0.25) is 5.02 Å². The minimum absolute atomic E-state index is 0.0129. The van der Waals surface area contributed by atoms with Crippen molar-refractivity contribution in [3.8, 4) is 0 Å². The lowest BCUT2D eigenvalue weighted by Gasteiger charge is -2.12. The van der Waals surface area contributed by atoms with E-state index in [1.54, 1.807) is 19.1 Å². The van der Waals surface area contributed by atoms with Gasteiger partial charge in [0.15, 0.2) is 5.65 Å². The largest absolute Gasteiger partial charge is 0.417 e. The summed E-state index contributed by atoms with van der Waals surface area (Å²) in [5.41, 5.74) is 0.979. The SMILES string of the molecule is CCc1ccccc1NC(=O)c1c(C)nc2c(Cl)cc(C(F)(F)F)cn12. The molecule has 0 aliphatic heterocycles. The molecule has 1 amide bonds. The Kier molecular flexibility index (Phi) is 4.66. The summed E-state index contributed by atoms with van der Waals surface area (Å²) in [6.45, 7) is 3.50. The summed E-state index contributed by atoms with van der Waals surface area (Å²) in [6.07, 6.45) is -3.05. The van der Waals surface area contributed by atoms with Crippen molar-refractivity contribution in [2.45, 2.75) is 26.4 Å². The van der Waals surface area contributed by atoms with E-state index in [4.69, 9.17) is 11.6 Å². The molecule has 26 heavy (non-hydrogen) atoms. The number of para-hydroxylation sites is 1. The van der Waals surface area contributed by atoms with Crippen molar-refractivity contribution in [1.29, 1.82) is 0 Å². The Morgan fingerprint density at radius 3 is 2.65 bits per heavy atom. The quantitative estimate of drug-likeness (QED) is 0.683. The highest BCUT2D eigenvalue weighted by atomic mass is 35.5. The molecule has 0 aliphatic carbocycles. The molecule has 0 saturated carbocycles. The van der Waals surface area contributed by atoms with Gasteiger partial charge in [-0.05, 0) is 31.0 Å². The lowest BCUT2D eigenvalue weighted by molar-refractivity contribution is -0.137. The molecule has 2 heterocycles. The molecule has 4 nitrogen and oxygen atoms in total. The zero-order chi connectivity index (χ0) is 19.1. The molecule has 0 bridgehead atoms. The molecule has 0 fully saturated rings. The summed E-state index contributed by atoms with van der Waals surface area (Å²) in [7, 11) is 0. The van der Waals surface area contributed by atoms with Crippen LogP contribution in [0, 0.1) is 6.92 Å². The van der Waals surface area contributed by atoms with Crippen LogP contribution in [0.3, 0.4) is 0 Å². The molecule has 3 rings (SSSR count). The number of halogens is 4. The monoisotopic (exact) mass is 381 g/mol. The predicted octanol–water partition coefficient (Wildman–Crippen LogP) is 5.13. The third-order valence-electron chi connectivity index (χ3n) is 4.04. The molecule has 8 heteroatoms. The first kappa shape index (κ1) is 18.3. The van der Waals surface area contributed by atoms with Gasteiger partial charge < -0.3 is 5.32 Å². The Morgan fingerprint density at radius 1 is 1.31 bits per heavy atom. The zero-order valence-electron chi connectivity index (χ0n) is 14.0. The Labute approximate surface area is 152 Å². The van der Waals surface area contributed by atoms with Gasteiger partial charge in [0.1, 0.15) is 5.69 Å². The standard InChI is InChI=1S/C18H15ClF3N3O/c1-3-11-6-4-5-7-14(11)24-17(26)15-10(2)23-16-13(19)8-12(9-25(15)16)18(20,21)22/h4-9H,3H2,1-2H3,(H,24,26). The van der Waals surface area contributed by atoms with Crippen molar-refractivity contribution < 1.29 is 18.0 Å². The number of rotatable bonds is 3. The van der Waals surface area contributed by atoms with Crippen molar-refractivity contribution in [3.63, 3.8) is 0 Å². The van der Waals surface area contributed by atoms with Crippen LogP contribution in [0.1, 0.15) is 34.2 Å². The minimum Gasteiger partial charge on any atom is -0.320 e. The van der Waals surface area contributed by atoms with E-state index in [2.05, 4.69) is 10.3 Å². The average molecular weight is 382 g/mol. The van der Waals surface area contributed by atoms with Crippen LogP contribution in [0.15, 0.2) is 36.5 Å². The molecule has 0 saturated heterocycles. The fourth-order valence-electron chi connectivity index (χ4n) is 2.78. The number of aromatic nitrogens is 2. The molecule has 0 radical (unpaired) electrons. The number of alkyl halides is 3. The van der Waals surface area contributed by atoms with Crippen molar-refractivity contribution >= 4 is 28.8 Å².